The number of nitrogens with one attached hydrogen (secondary N) is 1. The Bertz CT molecular complexity index is 1210. The third-order valence-electron chi connectivity index (χ3n) is 7.42. The van der Waals surface area contributed by atoms with Gasteiger partial charge in [-0.1, -0.05) is 88.7 Å². The van der Waals surface area contributed by atoms with Crippen molar-refractivity contribution in [2.24, 2.45) is 16.9 Å². The summed E-state index contributed by atoms with van der Waals surface area (Å²) in [5.74, 6) is -1.35. The van der Waals surface area contributed by atoms with Crippen molar-refractivity contribution in [2.45, 2.75) is 18.8 Å². The van der Waals surface area contributed by atoms with Gasteiger partial charge in [0.2, 0.25) is 11.8 Å². The van der Waals surface area contributed by atoms with Crippen LogP contribution in [0.2, 0.25) is 0 Å². The first-order valence-corrected chi connectivity index (χ1v) is 13.4. The molecular formula is C30H30BrN3O3. The number of amides is 2. The van der Waals surface area contributed by atoms with Gasteiger partial charge in [0.05, 0.1) is 30.8 Å². The molecule has 1 heterocycles. The highest BCUT2D eigenvalue weighted by atomic mass is 79.9. The molecule has 2 atom stereocenters. The molecule has 7 heteroatoms. The second kappa shape index (κ2) is 11.4. The van der Waals surface area contributed by atoms with Crippen LogP contribution in [0.3, 0.4) is 0 Å². The normalized spacial score (nSPS) is 23.7. The van der Waals surface area contributed by atoms with Crippen LogP contribution >= 0.6 is 15.9 Å². The average molecular weight is 560 g/mol. The summed E-state index contributed by atoms with van der Waals surface area (Å²) in [5, 5.41) is 4.43. The second-order valence-corrected chi connectivity index (χ2v) is 10.5. The molecule has 1 aliphatic carbocycles. The zero-order valence-electron chi connectivity index (χ0n) is 20.7. The van der Waals surface area contributed by atoms with Crippen molar-refractivity contribution in [1.82, 2.24) is 10.3 Å². The highest BCUT2D eigenvalue weighted by molar-refractivity contribution is 9.10. The molecule has 0 aromatic heterocycles. The van der Waals surface area contributed by atoms with Gasteiger partial charge in [0.15, 0.2) is 0 Å². The summed E-state index contributed by atoms with van der Waals surface area (Å²) in [5.41, 5.74) is 6.46. The highest BCUT2D eigenvalue weighted by Gasteiger charge is 2.58. The van der Waals surface area contributed by atoms with Gasteiger partial charge in [0.25, 0.3) is 0 Å². The van der Waals surface area contributed by atoms with Crippen LogP contribution in [-0.4, -0.2) is 48.7 Å². The van der Waals surface area contributed by atoms with Gasteiger partial charge in [0, 0.05) is 29.4 Å². The van der Waals surface area contributed by atoms with Crippen molar-refractivity contribution in [3.05, 3.63) is 106 Å². The molecule has 6 nitrogen and oxygen atoms in total. The SMILES string of the molecule is C/C(=N\NC(=O)C1C(c2ccccc2)C(C(=O)N2CCOCC2)C1c1ccccc1)c1ccc(Br)cc1. The van der Waals surface area contributed by atoms with Crippen LogP contribution < -0.4 is 5.43 Å². The lowest BCUT2D eigenvalue weighted by molar-refractivity contribution is -0.151. The van der Waals surface area contributed by atoms with E-state index in [0.29, 0.717) is 32.0 Å². The third kappa shape index (κ3) is 5.38. The van der Waals surface area contributed by atoms with Crippen molar-refractivity contribution in [3.63, 3.8) is 0 Å². The molecule has 2 fully saturated rings. The number of morpholine rings is 1. The summed E-state index contributed by atoms with van der Waals surface area (Å²) in [4.78, 5) is 29.6. The Morgan fingerprint density at radius 2 is 1.38 bits per heavy atom. The van der Waals surface area contributed by atoms with Crippen molar-refractivity contribution < 1.29 is 14.3 Å². The van der Waals surface area contributed by atoms with Crippen LogP contribution in [0.5, 0.6) is 0 Å². The number of hydrazone groups is 1. The monoisotopic (exact) mass is 559 g/mol. The maximum absolute atomic E-state index is 13.9. The Morgan fingerprint density at radius 1 is 0.838 bits per heavy atom. The molecule has 0 spiro atoms. The van der Waals surface area contributed by atoms with Crippen molar-refractivity contribution in [1.29, 1.82) is 0 Å². The lowest BCUT2D eigenvalue weighted by Gasteiger charge is -2.52. The number of carbonyl (C=O) groups excluding carboxylic acids is 2. The van der Waals surface area contributed by atoms with Crippen LogP contribution in [0.4, 0.5) is 0 Å². The quantitative estimate of drug-likeness (QED) is 0.342. The van der Waals surface area contributed by atoms with E-state index in [1.807, 2.05) is 96.8 Å². The minimum absolute atomic E-state index is 0.0876. The van der Waals surface area contributed by atoms with E-state index in [9.17, 15) is 9.59 Å². The van der Waals surface area contributed by atoms with Crippen molar-refractivity contribution in [2.75, 3.05) is 26.3 Å². The molecule has 1 N–H and O–H groups in total. The van der Waals surface area contributed by atoms with E-state index >= 15 is 0 Å². The standard InChI is InChI=1S/C30H30BrN3O3/c1-20(21-12-14-24(31)15-13-21)32-33-29(35)27-25(22-8-4-2-5-9-22)28(26(27)23-10-6-3-7-11-23)30(36)34-16-18-37-19-17-34/h2-15,25-28H,16-19H2,1H3,(H,33,35)/b32-20+. The first-order chi connectivity index (χ1) is 18.0. The van der Waals surface area contributed by atoms with E-state index in [0.717, 1.165) is 21.2 Å². The Morgan fingerprint density at radius 3 is 1.92 bits per heavy atom. The van der Waals surface area contributed by atoms with Crippen molar-refractivity contribution >= 4 is 33.5 Å². The minimum atomic E-state index is -0.429. The summed E-state index contributed by atoms with van der Waals surface area (Å²) < 4.78 is 6.47. The van der Waals surface area contributed by atoms with Gasteiger partial charge < -0.3 is 9.64 Å². The Balaban J connectivity index is 1.48. The van der Waals surface area contributed by atoms with Gasteiger partial charge in [-0.2, -0.15) is 5.10 Å². The fourth-order valence-corrected chi connectivity index (χ4v) is 5.79. The number of halogens is 1. The molecule has 5 rings (SSSR count). The molecule has 2 aliphatic rings. The summed E-state index contributed by atoms with van der Waals surface area (Å²) in [6.45, 7) is 4.10. The number of hydrogen-bond donors (Lipinski definition) is 1. The van der Waals surface area contributed by atoms with Crippen LogP contribution in [0.1, 0.15) is 35.4 Å². The molecule has 0 bridgehead atoms. The summed E-state index contributed by atoms with van der Waals surface area (Å²) in [6.07, 6.45) is 0. The molecule has 1 saturated carbocycles. The number of ether oxygens (including phenoxy) is 1. The number of nitrogens with zero attached hydrogens (tertiary/aromatic N) is 2. The lowest BCUT2D eigenvalue weighted by Crippen LogP contribution is -2.57. The molecular weight excluding hydrogens is 530 g/mol. The van der Waals surface area contributed by atoms with Gasteiger partial charge in [-0.15, -0.1) is 0 Å². The minimum Gasteiger partial charge on any atom is -0.378 e. The molecule has 2 amide bonds. The first kappa shape index (κ1) is 25.4. The van der Waals surface area contributed by atoms with Crippen molar-refractivity contribution in [3.8, 4) is 0 Å². The van der Waals surface area contributed by atoms with Gasteiger partial charge in [-0.3, -0.25) is 9.59 Å². The fourth-order valence-electron chi connectivity index (χ4n) is 5.52. The van der Waals surface area contributed by atoms with E-state index in [-0.39, 0.29) is 29.6 Å². The molecule has 37 heavy (non-hydrogen) atoms. The first-order valence-electron chi connectivity index (χ1n) is 12.6. The van der Waals surface area contributed by atoms with Crippen LogP contribution in [0, 0.1) is 11.8 Å². The maximum atomic E-state index is 13.9. The van der Waals surface area contributed by atoms with E-state index in [4.69, 9.17) is 4.74 Å². The summed E-state index contributed by atoms with van der Waals surface area (Å²) >= 11 is 3.45. The van der Waals surface area contributed by atoms with E-state index in [1.165, 1.54) is 0 Å². The van der Waals surface area contributed by atoms with E-state index in [1.54, 1.807) is 0 Å². The topological polar surface area (TPSA) is 71.0 Å². The zero-order valence-corrected chi connectivity index (χ0v) is 22.3. The Hall–Kier alpha value is -3.29. The molecule has 1 aliphatic heterocycles. The average Bonchev–Trinajstić information content (AvgIpc) is 2.93. The molecule has 3 aromatic rings. The molecule has 2 unspecified atom stereocenters. The van der Waals surface area contributed by atoms with Crippen LogP contribution in [-0.2, 0) is 14.3 Å². The maximum Gasteiger partial charge on any atom is 0.244 e. The smallest absolute Gasteiger partial charge is 0.244 e. The number of benzene rings is 3. The molecule has 3 aromatic carbocycles. The molecule has 190 valence electrons. The summed E-state index contributed by atoms with van der Waals surface area (Å²) in [6, 6.07) is 27.6. The number of carbonyl (C=O) groups is 2. The third-order valence-corrected chi connectivity index (χ3v) is 7.95. The predicted molar refractivity (Wildman–Crippen MR) is 147 cm³/mol. The van der Waals surface area contributed by atoms with E-state index < -0.39 is 5.92 Å². The van der Waals surface area contributed by atoms with E-state index in [2.05, 4.69) is 26.5 Å². The fraction of sp³-hybridized carbons (Fsp3) is 0.300. The molecule has 1 saturated heterocycles. The highest BCUT2D eigenvalue weighted by Crippen LogP contribution is 2.58. The lowest BCUT2D eigenvalue weighted by atomic mass is 9.51. The Labute approximate surface area is 225 Å². The largest absolute Gasteiger partial charge is 0.378 e. The zero-order chi connectivity index (χ0) is 25.8. The van der Waals surface area contributed by atoms with Gasteiger partial charge in [-0.05, 0) is 35.7 Å². The van der Waals surface area contributed by atoms with Gasteiger partial charge in [-0.25, -0.2) is 5.43 Å². The van der Waals surface area contributed by atoms with Crippen LogP contribution in [0.15, 0.2) is 94.5 Å². The Kier molecular flexibility index (Phi) is 7.82. The summed E-state index contributed by atoms with van der Waals surface area (Å²) in [7, 11) is 0. The van der Waals surface area contributed by atoms with Gasteiger partial charge >= 0.3 is 0 Å². The second-order valence-electron chi connectivity index (χ2n) is 9.54. The predicted octanol–water partition coefficient (Wildman–Crippen LogP) is 4.96. The molecule has 0 radical (unpaired) electrons. The van der Waals surface area contributed by atoms with Crippen LogP contribution in [0.25, 0.3) is 0 Å². The number of rotatable bonds is 6. The number of hydrogen-bond acceptors (Lipinski definition) is 4. The van der Waals surface area contributed by atoms with Gasteiger partial charge in [0.1, 0.15) is 0 Å².